The van der Waals surface area contributed by atoms with Crippen molar-refractivity contribution in [2.45, 2.75) is 20.4 Å². The molecular formula is C15H16N4S. The van der Waals surface area contributed by atoms with Gasteiger partial charge in [-0.3, -0.25) is 5.10 Å². The Morgan fingerprint density at radius 2 is 2.00 bits per heavy atom. The minimum atomic E-state index is 0.721. The summed E-state index contributed by atoms with van der Waals surface area (Å²) in [6, 6.07) is 10.2. The topological polar surface area (TPSA) is 53.6 Å². The Morgan fingerprint density at radius 1 is 1.20 bits per heavy atom. The standard InChI is InChI=1S/C15H16N4S/c1-10-15(11(2)19-18-10)16-8-14-17-13(9-20-14)12-6-4-3-5-7-12/h3-7,9,16H,8H2,1-2H3,(H,18,19). The van der Waals surface area contributed by atoms with Crippen LogP contribution in [0.2, 0.25) is 0 Å². The summed E-state index contributed by atoms with van der Waals surface area (Å²) in [4.78, 5) is 4.66. The van der Waals surface area contributed by atoms with Crippen LogP contribution in [0.25, 0.3) is 11.3 Å². The monoisotopic (exact) mass is 284 g/mol. The lowest BCUT2D eigenvalue weighted by Gasteiger charge is -2.03. The van der Waals surface area contributed by atoms with Crippen LogP contribution in [0, 0.1) is 13.8 Å². The zero-order valence-corrected chi connectivity index (χ0v) is 12.3. The van der Waals surface area contributed by atoms with Crippen LogP contribution >= 0.6 is 11.3 Å². The number of aromatic amines is 1. The Balaban J connectivity index is 1.72. The van der Waals surface area contributed by atoms with Gasteiger partial charge >= 0.3 is 0 Å². The largest absolute Gasteiger partial charge is 0.376 e. The van der Waals surface area contributed by atoms with Gasteiger partial charge in [0.1, 0.15) is 5.01 Å². The number of aromatic nitrogens is 3. The van der Waals surface area contributed by atoms with Crippen molar-refractivity contribution in [2.75, 3.05) is 5.32 Å². The van der Waals surface area contributed by atoms with E-state index in [0.717, 1.165) is 39.9 Å². The number of thiazole rings is 1. The molecule has 102 valence electrons. The third-order valence-electron chi connectivity index (χ3n) is 3.17. The molecule has 3 rings (SSSR count). The van der Waals surface area contributed by atoms with Gasteiger partial charge in [0.05, 0.1) is 29.3 Å². The fourth-order valence-corrected chi connectivity index (χ4v) is 2.85. The lowest BCUT2D eigenvalue weighted by Crippen LogP contribution is -2.00. The van der Waals surface area contributed by atoms with Gasteiger partial charge < -0.3 is 5.32 Å². The van der Waals surface area contributed by atoms with Gasteiger partial charge in [0.25, 0.3) is 0 Å². The van der Waals surface area contributed by atoms with Crippen molar-refractivity contribution >= 4 is 17.0 Å². The predicted octanol–water partition coefficient (Wildman–Crippen LogP) is 3.76. The number of rotatable bonds is 4. The van der Waals surface area contributed by atoms with E-state index in [0.29, 0.717) is 0 Å². The molecule has 2 N–H and O–H groups in total. The predicted molar refractivity (Wildman–Crippen MR) is 82.9 cm³/mol. The van der Waals surface area contributed by atoms with Gasteiger partial charge in [-0.1, -0.05) is 30.3 Å². The zero-order chi connectivity index (χ0) is 13.9. The Hall–Kier alpha value is -2.14. The molecule has 0 unspecified atom stereocenters. The molecule has 0 spiro atoms. The summed E-state index contributed by atoms with van der Waals surface area (Å²) in [5, 5.41) is 13.7. The van der Waals surface area contributed by atoms with Crippen molar-refractivity contribution in [3.8, 4) is 11.3 Å². The summed E-state index contributed by atoms with van der Waals surface area (Å²) >= 11 is 1.67. The average Bonchev–Trinajstić information content (AvgIpc) is 3.06. The summed E-state index contributed by atoms with van der Waals surface area (Å²) < 4.78 is 0. The van der Waals surface area contributed by atoms with E-state index in [1.807, 2.05) is 32.0 Å². The summed E-state index contributed by atoms with van der Waals surface area (Å²) in [7, 11) is 0. The van der Waals surface area contributed by atoms with Crippen molar-refractivity contribution in [3.05, 3.63) is 52.1 Å². The molecule has 0 radical (unpaired) electrons. The van der Waals surface area contributed by atoms with Gasteiger partial charge in [0.15, 0.2) is 0 Å². The molecule has 4 nitrogen and oxygen atoms in total. The fourth-order valence-electron chi connectivity index (χ4n) is 2.11. The number of nitrogens with one attached hydrogen (secondary N) is 2. The second-order valence-electron chi connectivity index (χ2n) is 4.66. The molecule has 0 saturated carbocycles. The molecule has 0 bridgehead atoms. The minimum Gasteiger partial charge on any atom is -0.376 e. The molecule has 0 atom stereocenters. The SMILES string of the molecule is Cc1n[nH]c(C)c1NCc1nc(-c2ccccc2)cs1. The van der Waals surface area contributed by atoms with Crippen molar-refractivity contribution < 1.29 is 0 Å². The normalized spacial score (nSPS) is 10.7. The number of H-pyrrole nitrogens is 1. The number of aryl methyl sites for hydroxylation is 2. The lowest BCUT2D eigenvalue weighted by atomic mass is 10.2. The summed E-state index contributed by atoms with van der Waals surface area (Å²) in [6.45, 7) is 4.72. The van der Waals surface area contributed by atoms with Crippen molar-refractivity contribution in [1.82, 2.24) is 15.2 Å². The van der Waals surface area contributed by atoms with Crippen molar-refractivity contribution in [3.63, 3.8) is 0 Å². The van der Waals surface area contributed by atoms with Crippen LogP contribution in [0.3, 0.4) is 0 Å². The number of anilines is 1. The number of nitrogens with zero attached hydrogens (tertiary/aromatic N) is 2. The Bertz CT molecular complexity index is 680. The molecule has 2 aromatic heterocycles. The van der Waals surface area contributed by atoms with E-state index in [2.05, 4.69) is 38.0 Å². The average molecular weight is 284 g/mol. The smallest absolute Gasteiger partial charge is 0.112 e. The molecular weight excluding hydrogens is 268 g/mol. The molecule has 0 amide bonds. The van der Waals surface area contributed by atoms with Gasteiger partial charge in [-0.15, -0.1) is 11.3 Å². The second-order valence-corrected chi connectivity index (χ2v) is 5.60. The zero-order valence-electron chi connectivity index (χ0n) is 11.5. The van der Waals surface area contributed by atoms with Crippen LogP contribution in [-0.2, 0) is 6.54 Å². The molecule has 0 saturated heterocycles. The van der Waals surface area contributed by atoms with Gasteiger partial charge in [0, 0.05) is 10.9 Å². The molecule has 5 heteroatoms. The van der Waals surface area contributed by atoms with Crippen LogP contribution in [0.1, 0.15) is 16.4 Å². The second kappa shape index (κ2) is 5.46. The summed E-state index contributed by atoms with van der Waals surface area (Å²) in [5.74, 6) is 0. The van der Waals surface area contributed by atoms with E-state index in [4.69, 9.17) is 0 Å². The van der Waals surface area contributed by atoms with Gasteiger partial charge in [-0.2, -0.15) is 5.10 Å². The maximum Gasteiger partial charge on any atom is 0.112 e. The number of hydrogen-bond donors (Lipinski definition) is 2. The van der Waals surface area contributed by atoms with E-state index in [1.54, 1.807) is 11.3 Å². The van der Waals surface area contributed by atoms with Crippen molar-refractivity contribution in [2.24, 2.45) is 0 Å². The van der Waals surface area contributed by atoms with Gasteiger partial charge in [-0.05, 0) is 13.8 Å². The minimum absolute atomic E-state index is 0.721. The van der Waals surface area contributed by atoms with E-state index in [9.17, 15) is 0 Å². The van der Waals surface area contributed by atoms with Crippen LogP contribution in [0.4, 0.5) is 5.69 Å². The van der Waals surface area contributed by atoms with Crippen LogP contribution in [0.5, 0.6) is 0 Å². The van der Waals surface area contributed by atoms with Crippen LogP contribution < -0.4 is 5.32 Å². The molecule has 1 aromatic carbocycles. The number of hydrogen-bond acceptors (Lipinski definition) is 4. The molecule has 20 heavy (non-hydrogen) atoms. The highest BCUT2D eigenvalue weighted by atomic mass is 32.1. The van der Waals surface area contributed by atoms with Crippen LogP contribution in [0.15, 0.2) is 35.7 Å². The maximum atomic E-state index is 4.66. The van der Waals surface area contributed by atoms with E-state index in [-0.39, 0.29) is 0 Å². The first-order chi connectivity index (χ1) is 9.74. The highest BCUT2D eigenvalue weighted by Crippen LogP contribution is 2.23. The summed E-state index contributed by atoms with van der Waals surface area (Å²) in [6.07, 6.45) is 0. The molecule has 0 fully saturated rings. The molecule has 0 aliphatic heterocycles. The van der Waals surface area contributed by atoms with E-state index >= 15 is 0 Å². The quantitative estimate of drug-likeness (QED) is 0.767. The first-order valence-corrected chi connectivity index (χ1v) is 7.37. The molecule has 0 aliphatic rings. The third kappa shape index (κ3) is 2.58. The van der Waals surface area contributed by atoms with E-state index in [1.165, 1.54) is 0 Å². The Morgan fingerprint density at radius 3 is 2.70 bits per heavy atom. The highest BCUT2D eigenvalue weighted by molar-refractivity contribution is 7.09. The van der Waals surface area contributed by atoms with Crippen molar-refractivity contribution in [1.29, 1.82) is 0 Å². The fraction of sp³-hybridized carbons (Fsp3) is 0.200. The maximum absolute atomic E-state index is 4.66. The Labute approximate surface area is 121 Å². The van der Waals surface area contributed by atoms with E-state index < -0.39 is 0 Å². The Kier molecular flexibility index (Phi) is 3.52. The first kappa shape index (κ1) is 12.9. The van der Waals surface area contributed by atoms with Gasteiger partial charge in [0.2, 0.25) is 0 Å². The van der Waals surface area contributed by atoms with Gasteiger partial charge in [-0.25, -0.2) is 4.98 Å². The molecule has 3 aromatic rings. The third-order valence-corrected chi connectivity index (χ3v) is 4.01. The number of benzene rings is 1. The molecule has 0 aliphatic carbocycles. The lowest BCUT2D eigenvalue weighted by molar-refractivity contribution is 1.02. The first-order valence-electron chi connectivity index (χ1n) is 6.49. The van der Waals surface area contributed by atoms with Crippen LogP contribution in [-0.4, -0.2) is 15.2 Å². The highest BCUT2D eigenvalue weighted by Gasteiger charge is 2.08. The summed E-state index contributed by atoms with van der Waals surface area (Å²) in [5.41, 5.74) is 5.31. The molecule has 2 heterocycles.